The lowest BCUT2D eigenvalue weighted by atomic mass is 9.96. The summed E-state index contributed by atoms with van der Waals surface area (Å²) in [4.78, 5) is 14.6. The molecule has 4 heterocycles. The zero-order chi connectivity index (χ0) is 18.2. The number of benzene rings is 1. The van der Waals surface area contributed by atoms with Gasteiger partial charge in [0, 0.05) is 24.6 Å². The fraction of sp³-hybridized carbons (Fsp3) is 0.278. The highest BCUT2D eigenvalue weighted by Crippen LogP contribution is 2.30. The van der Waals surface area contributed by atoms with Crippen LogP contribution in [-0.4, -0.2) is 42.8 Å². The highest BCUT2D eigenvalue weighted by Gasteiger charge is 2.28. The van der Waals surface area contributed by atoms with Crippen molar-refractivity contribution in [1.82, 2.24) is 23.8 Å². The Bertz CT molecular complexity index is 1080. The zero-order valence-corrected chi connectivity index (χ0v) is 15.1. The first-order valence-electron chi connectivity index (χ1n) is 8.67. The fourth-order valence-electron chi connectivity index (χ4n) is 3.33. The fourth-order valence-corrected chi connectivity index (χ4v) is 3.84. The van der Waals surface area contributed by atoms with Gasteiger partial charge in [-0.05, 0) is 43.2 Å². The van der Waals surface area contributed by atoms with Crippen LogP contribution in [0.2, 0.25) is 0 Å². The standard InChI is InChI=1S/C18H15N5O3S/c24-18(12-3-4-13-14(10-12)22-27-21-13)23-7-5-11(6-8-23)16-19-20-17(26-16)15-2-1-9-25-15/h1-4,9-11H,5-8H2. The first-order chi connectivity index (χ1) is 13.3. The van der Waals surface area contributed by atoms with E-state index in [-0.39, 0.29) is 11.8 Å². The van der Waals surface area contributed by atoms with Gasteiger partial charge in [-0.2, -0.15) is 8.75 Å². The monoisotopic (exact) mass is 381 g/mol. The lowest BCUT2D eigenvalue weighted by Crippen LogP contribution is -2.38. The molecule has 0 aliphatic carbocycles. The van der Waals surface area contributed by atoms with Crippen LogP contribution >= 0.6 is 11.7 Å². The van der Waals surface area contributed by atoms with Crippen LogP contribution in [0.25, 0.3) is 22.7 Å². The first-order valence-corrected chi connectivity index (χ1v) is 9.40. The third kappa shape index (κ3) is 2.99. The zero-order valence-electron chi connectivity index (χ0n) is 14.2. The van der Waals surface area contributed by atoms with Crippen molar-refractivity contribution < 1.29 is 13.6 Å². The minimum absolute atomic E-state index is 0.0187. The van der Waals surface area contributed by atoms with Crippen molar-refractivity contribution in [3.63, 3.8) is 0 Å². The Morgan fingerprint density at radius 3 is 2.78 bits per heavy atom. The largest absolute Gasteiger partial charge is 0.459 e. The lowest BCUT2D eigenvalue weighted by Gasteiger charge is -2.30. The number of aromatic nitrogens is 4. The molecule has 1 amide bonds. The minimum atomic E-state index is 0.0187. The van der Waals surface area contributed by atoms with Crippen LogP contribution in [-0.2, 0) is 0 Å². The second kappa shape index (κ2) is 6.58. The van der Waals surface area contributed by atoms with E-state index in [1.165, 1.54) is 0 Å². The van der Waals surface area contributed by atoms with Gasteiger partial charge in [-0.3, -0.25) is 4.79 Å². The van der Waals surface area contributed by atoms with Crippen LogP contribution in [0.15, 0.2) is 45.4 Å². The van der Waals surface area contributed by atoms with E-state index in [1.54, 1.807) is 24.5 Å². The predicted molar refractivity (Wildman–Crippen MR) is 97.3 cm³/mol. The molecule has 0 saturated carbocycles. The SMILES string of the molecule is O=C(c1ccc2nsnc2c1)N1CCC(c2nnc(-c3ccco3)o2)CC1. The van der Waals surface area contributed by atoms with Crippen LogP contribution < -0.4 is 0 Å². The molecular weight excluding hydrogens is 366 g/mol. The number of piperidine rings is 1. The molecule has 1 aliphatic heterocycles. The third-order valence-electron chi connectivity index (χ3n) is 4.80. The molecule has 0 radical (unpaired) electrons. The molecular formula is C18H15N5O3S. The van der Waals surface area contributed by atoms with Gasteiger partial charge in [0.05, 0.1) is 18.0 Å². The summed E-state index contributed by atoms with van der Waals surface area (Å²) in [5.74, 6) is 1.72. The summed E-state index contributed by atoms with van der Waals surface area (Å²) in [6.45, 7) is 1.30. The molecule has 27 heavy (non-hydrogen) atoms. The second-order valence-electron chi connectivity index (χ2n) is 6.46. The van der Waals surface area contributed by atoms with Gasteiger partial charge in [-0.1, -0.05) is 0 Å². The van der Waals surface area contributed by atoms with Gasteiger partial charge in [0.25, 0.3) is 11.8 Å². The van der Waals surface area contributed by atoms with Crippen LogP contribution in [0, 0.1) is 0 Å². The maximum atomic E-state index is 12.8. The van der Waals surface area contributed by atoms with E-state index in [4.69, 9.17) is 8.83 Å². The molecule has 0 spiro atoms. The number of hydrogen-bond donors (Lipinski definition) is 0. The normalized spacial score (nSPS) is 15.5. The molecule has 136 valence electrons. The quantitative estimate of drug-likeness (QED) is 0.536. The van der Waals surface area contributed by atoms with E-state index in [1.807, 2.05) is 17.0 Å². The molecule has 5 rings (SSSR count). The number of hydrogen-bond acceptors (Lipinski definition) is 8. The van der Waals surface area contributed by atoms with Gasteiger partial charge < -0.3 is 13.7 Å². The van der Waals surface area contributed by atoms with Crippen LogP contribution in [0.3, 0.4) is 0 Å². The average molecular weight is 381 g/mol. The van der Waals surface area contributed by atoms with E-state index in [0.717, 1.165) is 35.6 Å². The van der Waals surface area contributed by atoms with Gasteiger partial charge >= 0.3 is 0 Å². The lowest BCUT2D eigenvalue weighted by molar-refractivity contribution is 0.0706. The molecule has 1 aromatic carbocycles. The third-order valence-corrected chi connectivity index (χ3v) is 5.36. The van der Waals surface area contributed by atoms with E-state index >= 15 is 0 Å². The molecule has 9 heteroatoms. The van der Waals surface area contributed by atoms with Gasteiger partial charge in [-0.25, -0.2) is 0 Å². The van der Waals surface area contributed by atoms with Gasteiger partial charge in [0.1, 0.15) is 11.0 Å². The van der Waals surface area contributed by atoms with Crippen molar-refractivity contribution in [2.45, 2.75) is 18.8 Å². The molecule has 0 bridgehead atoms. The minimum Gasteiger partial charge on any atom is -0.459 e. The predicted octanol–water partition coefficient (Wildman–Crippen LogP) is 3.35. The maximum Gasteiger partial charge on any atom is 0.283 e. The summed E-state index contributed by atoms with van der Waals surface area (Å²) < 4.78 is 19.4. The van der Waals surface area contributed by atoms with E-state index in [9.17, 15) is 4.79 Å². The number of likely N-dealkylation sites (tertiary alicyclic amines) is 1. The first kappa shape index (κ1) is 16.1. The highest BCUT2D eigenvalue weighted by molar-refractivity contribution is 7.00. The van der Waals surface area contributed by atoms with Gasteiger partial charge in [0.2, 0.25) is 5.89 Å². The Morgan fingerprint density at radius 2 is 1.96 bits per heavy atom. The Kier molecular flexibility index (Phi) is 3.93. The van der Waals surface area contributed by atoms with E-state index < -0.39 is 0 Å². The molecule has 0 atom stereocenters. The molecule has 1 fully saturated rings. The molecule has 1 saturated heterocycles. The highest BCUT2D eigenvalue weighted by atomic mass is 32.1. The number of fused-ring (bicyclic) bond motifs is 1. The Hall–Kier alpha value is -3.07. The van der Waals surface area contributed by atoms with Crippen molar-refractivity contribution >= 4 is 28.7 Å². The molecule has 3 aromatic heterocycles. The van der Waals surface area contributed by atoms with E-state index in [2.05, 4.69) is 18.9 Å². The van der Waals surface area contributed by atoms with Crippen LogP contribution in [0.4, 0.5) is 0 Å². The topological polar surface area (TPSA) is 98.2 Å². The second-order valence-corrected chi connectivity index (χ2v) is 6.99. The number of carbonyl (C=O) groups is 1. The molecule has 0 unspecified atom stereocenters. The molecule has 4 aromatic rings. The average Bonchev–Trinajstić information content (AvgIpc) is 3.48. The van der Waals surface area contributed by atoms with Gasteiger partial charge in [-0.15, -0.1) is 10.2 Å². The molecule has 0 N–H and O–H groups in total. The number of amides is 1. The maximum absolute atomic E-state index is 12.8. The Balaban J connectivity index is 1.26. The Morgan fingerprint density at radius 1 is 1.11 bits per heavy atom. The number of furan rings is 1. The van der Waals surface area contributed by atoms with Crippen molar-refractivity contribution in [3.05, 3.63) is 48.0 Å². The number of nitrogens with zero attached hydrogens (tertiary/aromatic N) is 5. The summed E-state index contributed by atoms with van der Waals surface area (Å²) in [6, 6.07) is 9.02. The summed E-state index contributed by atoms with van der Waals surface area (Å²) in [6.07, 6.45) is 3.14. The van der Waals surface area contributed by atoms with Crippen molar-refractivity contribution in [2.75, 3.05) is 13.1 Å². The summed E-state index contributed by atoms with van der Waals surface area (Å²) in [5.41, 5.74) is 2.22. The van der Waals surface area contributed by atoms with Crippen molar-refractivity contribution in [3.8, 4) is 11.7 Å². The summed E-state index contributed by atoms with van der Waals surface area (Å²) in [7, 11) is 0. The Labute approximate surface area is 158 Å². The summed E-state index contributed by atoms with van der Waals surface area (Å²) >= 11 is 1.15. The van der Waals surface area contributed by atoms with Crippen LogP contribution in [0.1, 0.15) is 35.0 Å². The number of carbonyl (C=O) groups excluding carboxylic acids is 1. The van der Waals surface area contributed by atoms with Crippen LogP contribution in [0.5, 0.6) is 0 Å². The van der Waals surface area contributed by atoms with E-state index in [0.29, 0.717) is 36.2 Å². The van der Waals surface area contributed by atoms with Crippen molar-refractivity contribution in [2.24, 2.45) is 0 Å². The number of rotatable bonds is 3. The molecule has 8 nitrogen and oxygen atoms in total. The van der Waals surface area contributed by atoms with Crippen molar-refractivity contribution in [1.29, 1.82) is 0 Å². The van der Waals surface area contributed by atoms with Gasteiger partial charge in [0.15, 0.2) is 5.76 Å². The smallest absolute Gasteiger partial charge is 0.283 e. The summed E-state index contributed by atoms with van der Waals surface area (Å²) in [5, 5.41) is 8.21. The molecule has 1 aliphatic rings.